The zero-order valence-electron chi connectivity index (χ0n) is 15.7. The van der Waals surface area contributed by atoms with Crippen LogP contribution in [0.3, 0.4) is 0 Å². The molecule has 2 aromatic heterocycles. The van der Waals surface area contributed by atoms with Gasteiger partial charge in [0, 0.05) is 43.0 Å². The van der Waals surface area contributed by atoms with Crippen molar-refractivity contribution in [2.75, 3.05) is 18.0 Å². The van der Waals surface area contributed by atoms with E-state index < -0.39 is 0 Å². The Hall–Kier alpha value is -3.04. The summed E-state index contributed by atoms with van der Waals surface area (Å²) in [6.45, 7) is 1.65. The molecule has 3 heterocycles. The number of halogens is 2. The molecule has 0 bridgehead atoms. The van der Waals surface area contributed by atoms with Crippen LogP contribution in [0.5, 0.6) is 0 Å². The van der Waals surface area contributed by atoms with Crippen LogP contribution in [0.1, 0.15) is 19.3 Å². The van der Waals surface area contributed by atoms with E-state index in [9.17, 15) is 4.39 Å². The number of nitriles is 1. The number of piperidine rings is 1. The van der Waals surface area contributed by atoms with Crippen molar-refractivity contribution in [2.45, 2.75) is 19.3 Å². The van der Waals surface area contributed by atoms with Crippen LogP contribution in [-0.2, 0) is 0 Å². The third-order valence-corrected chi connectivity index (χ3v) is 5.43. The van der Waals surface area contributed by atoms with E-state index in [0.717, 1.165) is 42.9 Å². The first kappa shape index (κ1) is 19.3. The Bertz CT molecular complexity index is 1050. The first-order chi connectivity index (χ1) is 14.2. The Labute approximate surface area is 173 Å². The van der Waals surface area contributed by atoms with Crippen LogP contribution in [0.25, 0.3) is 22.5 Å². The van der Waals surface area contributed by atoms with Gasteiger partial charge >= 0.3 is 0 Å². The first-order valence-corrected chi connectivity index (χ1v) is 9.88. The standard InChI is InChI=1S/C22H19ClFN5/c23-19-12-26-10-8-18(19)22-21(16-3-5-17(24)6-4-16)27-13-20(28-22)29-11-1-2-15(14-29)7-9-25/h3-6,8,10,12-13,15H,1-2,7,11,14H2. The van der Waals surface area contributed by atoms with Crippen LogP contribution >= 0.6 is 11.6 Å². The highest BCUT2D eigenvalue weighted by atomic mass is 35.5. The van der Waals surface area contributed by atoms with Crippen molar-refractivity contribution in [3.05, 3.63) is 59.8 Å². The van der Waals surface area contributed by atoms with Crippen LogP contribution in [0.4, 0.5) is 10.2 Å². The molecule has 1 aromatic carbocycles. The van der Waals surface area contributed by atoms with E-state index in [2.05, 4.69) is 20.9 Å². The molecular weight excluding hydrogens is 389 g/mol. The molecule has 0 saturated carbocycles. The molecule has 0 amide bonds. The van der Waals surface area contributed by atoms with Crippen molar-refractivity contribution in [3.63, 3.8) is 0 Å². The smallest absolute Gasteiger partial charge is 0.147 e. The molecule has 1 fully saturated rings. The van der Waals surface area contributed by atoms with Gasteiger partial charge in [0.05, 0.1) is 23.0 Å². The highest BCUT2D eigenvalue weighted by molar-refractivity contribution is 6.33. The molecular formula is C22H19ClFN5. The Balaban J connectivity index is 1.78. The number of benzene rings is 1. The molecule has 1 aliphatic rings. The van der Waals surface area contributed by atoms with Gasteiger partial charge in [-0.15, -0.1) is 0 Å². The maximum Gasteiger partial charge on any atom is 0.147 e. The molecule has 3 aromatic rings. The van der Waals surface area contributed by atoms with Crippen molar-refractivity contribution in [1.29, 1.82) is 5.26 Å². The Morgan fingerprint density at radius 3 is 2.76 bits per heavy atom. The van der Waals surface area contributed by atoms with Crippen molar-refractivity contribution in [3.8, 4) is 28.6 Å². The van der Waals surface area contributed by atoms with Gasteiger partial charge in [-0.1, -0.05) is 11.6 Å². The molecule has 0 radical (unpaired) electrons. The molecule has 146 valence electrons. The summed E-state index contributed by atoms with van der Waals surface area (Å²) >= 11 is 6.41. The summed E-state index contributed by atoms with van der Waals surface area (Å²) in [5.74, 6) is 0.778. The average molecular weight is 408 g/mol. The SMILES string of the molecule is N#CCC1CCCN(c2cnc(-c3ccc(F)cc3)c(-c3ccncc3Cl)n2)C1. The van der Waals surface area contributed by atoms with Crippen LogP contribution < -0.4 is 4.90 Å². The van der Waals surface area contributed by atoms with E-state index >= 15 is 0 Å². The summed E-state index contributed by atoms with van der Waals surface area (Å²) in [6.07, 6.45) is 7.58. The molecule has 1 aliphatic heterocycles. The Kier molecular flexibility index (Phi) is 5.68. The summed E-state index contributed by atoms with van der Waals surface area (Å²) in [6, 6.07) is 10.2. The fourth-order valence-electron chi connectivity index (χ4n) is 3.68. The predicted molar refractivity (Wildman–Crippen MR) is 111 cm³/mol. The number of hydrogen-bond donors (Lipinski definition) is 0. The van der Waals surface area contributed by atoms with E-state index in [1.807, 2.05) is 0 Å². The molecule has 7 heteroatoms. The minimum Gasteiger partial charge on any atom is -0.355 e. The van der Waals surface area contributed by atoms with Gasteiger partial charge in [-0.2, -0.15) is 5.26 Å². The molecule has 1 unspecified atom stereocenters. The second kappa shape index (κ2) is 8.54. The monoisotopic (exact) mass is 407 g/mol. The summed E-state index contributed by atoms with van der Waals surface area (Å²) in [4.78, 5) is 15.8. The highest BCUT2D eigenvalue weighted by Gasteiger charge is 2.23. The minimum atomic E-state index is -0.307. The normalized spacial score (nSPS) is 16.4. The third-order valence-electron chi connectivity index (χ3n) is 5.13. The van der Waals surface area contributed by atoms with Crippen LogP contribution in [0.2, 0.25) is 5.02 Å². The van der Waals surface area contributed by atoms with Crippen molar-refractivity contribution < 1.29 is 4.39 Å². The lowest BCUT2D eigenvalue weighted by molar-refractivity contribution is 0.420. The molecule has 0 spiro atoms. The molecule has 0 aliphatic carbocycles. The maximum atomic E-state index is 13.4. The van der Waals surface area contributed by atoms with E-state index in [4.69, 9.17) is 21.8 Å². The second-order valence-corrected chi connectivity index (χ2v) is 7.51. The number of anilines is 1. The number of pyridine rings is 1. The molecule has 4 rings (SSSR count). The number of aromatic nitrogens is 3. The molecule has 5 nitrogen and oxygen atoms in total. The third kappa shape index (κ3) is 4.20. The zero-order chi connectivity index (χ0) is 20.2. The Morgan fingerprint density at radius 1 is 1.17 bits per heavy atom. The van der Waals surface area contributed by atoms with E-state index in [1.54, 1.807) is 36.8 Å². The largest absolute Gasteiger partial charge is 0.355 e. The van der Waals surface area contributed by atoms with Crippen LogP contribution in [0.15, 0.2) is 48.9 Å². The van der Waals surface area contributed by atoms with Crippen molar-refractivity contribution in [1.82, 2.24) is 15.0 Å². The molecule has 0 N–H and O–H groups in total. The van der Waals surface area contributed by atoms with E-state index in [-0.39, 0.29) is 5.82 Å². The van der Waals surface area contributed by atoms with Gasteiger partial charge in [0.2, 0.25) is 0 Å². The highest BCUT2D eigenvalue weighted by Crippen LogP contribution is 2.35. The maximum absolute atomic E-state index is 13.4. The topological polar surface area (TPSA) is 65.7 Å². The quantitative estimate of drug-likeness (QED) is 0.599. The second-order valence-electron chi connectivity index (χ2n) is 7.10. The first-order valence-electron chi connectivity index (χ1n) is 9.50. The lowest BCUT2D eigenvalue weighted by Gasteiger charge is -2.32. The number of hydrogen-bond acceptors (Lipinski definition) is 5. The Morgan fingerprint density at radius 2 is 2.00 bits per heavy atom. The zero-order valence-corrected chi connectivity index (χ0v) is 16.5. The lowest BCUT2D eigenvalue weighted by Crippen LogP contribution is -2.36. The molecule has 1 saturated heterocycles. The van der Waals surface area contributed by atoms with Gasteiger partial charge in [-0.05, 0) is 49.1 Å². The molecule has 29 heavy (non-hydrogen) atoms. The van der Waals surface area contributed by atoms with Gasteiger partial charge < -0.3 is 4.90 Å². The summed E-state index contributed by atoms with van der Waals surface area (Å²) in [5.41, 5.74) is 2.74. The summed E-state index contributed by atoms with van der Waals surface area (Å²) < 4.78 is 13.4. The van der Waals surface area contributed by atoms with Crippen LogP contribution in [-0.4, -0.2) is 28.0 Å². The molecule has 1 atom stereocenters. The number of nitrogens with zero attached hydrogens (tertiary/aromatic N) is 5. The lowest BCUT2D eigenvalue weighted by atomic mass is 9.95. The van der Waals surface area contributed by atoms with E-state index in [1.165, 1.54) is 12.1 Å². The van der Waals surface area contributed by atoms with Gasteiger partial charge in [-0.25, -0.2) is 9.37 Å². The van der Waals surface area contributed by atoms with Gasteiger partial charge in [0.1, 0.15) is 17.3 Å². The van der Waals surface area contributed by atoms with Gasteiger partial charge in [-0.3, -0.25) is 9.97 Å². The van der Waals surface area contributed by atoms with Crippen molar-refractivity contribution >= 4 is 17.4 Å². The van der Waals surface area contributed by atoms with Gasteiger partial charge in [0.25, 0.3) is 0 Å². The fraction of sp³-hybridized carbons (Fsp3) is 0.273. The number of rotatable bonds is 4. The van der Waals surface area contributed by atoms with Gasteiger partial charge in [0.15, 0.2) is 0 Å². The fourth-order valence-corrected chi connectivity index (χ4v) is 3.88. The van der Waals surface area contributed by atoms with Crippen LogP contribution in [0, 0.1) is 23.1 Å². The average Bonchev–Trinajstić information content (AvgIpc) is 2.75. The summed E-state index contributed by atoms with van der Waals surface area (Å²) in [7, 11) is 0. The van der Waals surface area contributed by atoms with E-state index in [0.29, 0.717) is 28.7 Å². The minimum absolute atomic E-state index is 0.307. The van der Waals surface area contributed by atoms with Crippen molar-refractivity contribution in [2.24, 2.45) is 5.92 Å². The predicted octanol–water partition coefficient (Wildman–Crippen LogP) is 5.13. The summed E-state index contributed by atoms with van der Waals surface area (Å²) in [5, 5.41) is 9.51.